The molecule has 2 aliphatic rings. The Balaban J connectivity index is 1.33. The van der Waals surface area contributed by atoms with E-state index in [9.17, 15) is 4.79 Å². The number of carbonyl (C=O) groups excluding carboxylic acids is 1. The summed E-state index contributed by atoms with van der Waals surface area (Å²) in [5.41, 5.74) is 3.68. The molecule has 0 unspecified atom stereocenters. The number of aromatic nitrogens is 3. The molecule has 0 saturated heterocycles. The highest BCUT2D eigenvalue weighted by molar-refractivity contribution is 5.94. The highest BCUT2D eigenvalue weighted by Crippen LogP contribution is 2.40. The van der Waals surface area contributed by atoms with Crippen LogP contribution < -0.4 is 10.1 Å². The standard InChI is InChI=1S/C27H26N4O4/c1-33-22-15-19(28-25(32)18-10-11-18)12-13-20(22)26-29-30-27(34-26)23-21(14-9-16-7-8-16)35-31-24(23)17-5-3-2-4-6-17/h2-6,12-13,15-16,18H,7-11,14H2,1H3,(H,28,32). The van der Waals surface area contributed by atoms with Crippen molar-refractivity contribution < 1.29 is 18.5 Å². The van der Waals surface area contributed by atoms with Gasteiger partial charge in [0.2, 0.25) is 5.91 Å². The minimum absolute atomic E-state index is 0.0412. The first kappa shape index (κ1) is 21.6. The Labute approximate surface area is 202 Å². The van der Waals surface area contributed by atoms with E-state index in [-0.39, 0.29) is 11.8 Å². The highest BCUT2D eigenvalue weighted by Gasteiger charge is 2.30. The van der Waals surface area contributed by atoms with Gasteiger partial charge in [-0.2, -0.15) is 0 Å². The number of nitrogens with one attached hydrogen (secondary N) is 1. The van der Waals surface area contributed by atoms with Gasteiger partial charge in [-0.05, 0) is 37.3 Å². The number of aryl methyl sites for hydroxylation is 1. The van der Waals surface area contributed by atoms with Crippen molar-refractivity contribution >= 4 is 11.6 Å². The molecule has 2 aromatic carbocycles. The van der Waals surface area contributed by atoms with Gasteiger partial charge in [-0.15, -0.1) is 10.2 Å². The lowest BCUT2D eigenvalue weighted by atomic mass is 10.0. The number of hydrogen-bond acceptors (Lipinski definition) is 7. The molecule has 2 aliphatic carbocycles. The number of anilines is 1. The van der Waals surface area contributed by atoms with Crippen LogP contribution in [0.2, 0.25) is 0 Å². The van der Waals surface area contributed by atoms with E-state index in [1.54, 1.807) is 13.2 Å². The highest BCUT2D eigenvalue weighted by atomic mass is 16.5. The molecule has 0 bridgehead atoms. The topological polar surface area (TPSA) is 103 Å². The van der Waals surface area contributed by atoms with Crippen molar-refractivity contribution in [3.05, 3.63) is 54.3 Å². The molecule has 0 radical (unpaired) electrons. The van der Waals surface area contributed by atoms with Crippen molar-refractivity contribution in [1.82, 2.24) is 15.4 Å². The predicted octanol–water partition coefficient (Wildman–Crippen LogP) is 5.76. The summed E-state index contributed by atoms with van der Waals surface area (Å²) in [4.78, 5) is 12.1. The average Bonchev–Trinajstić information content (AvgIpc) is 3.82. The summed E-state index contributed by atoms with van der Waals surface area (Å²) in [5, 5.41) is 16.0. The van der Waals surface area contributed by atoms with Crippen LogP contribution in [0.5, 0.6) is 5.75 Å². The molecule has 8 heteroatoms. The number of ether oxygens (including phenoxy) is 1. The first-order valence-electron chi connectivity index (χ1n) is 12.1. The van der Waals surface area contributed by atoms with E-state index in [2.05, 4.69) is 20.7 Å². The smallest absolute Gasteiger partial charge is 0.254 e. The van der Waals surface area contributed by atoms with Gasteiger partial charge in [-0.1, -0.05) is 48.3 Å². The largest absolute Gasteiger partial charge is 0.496 e. The van der Waals surface area contributed by atoms with Crippen LogP contribution in [0.4, 0.5) is 5.69 Å². The van der Waals surface area contributed by atoms with E-state index in [0.29, 0.717) is 34.5 Å². The molecular formula is C27H26N4O4. The Kier molecular flexibility index (Phi) is 5.56. The monoisotopic (exact) mass is 470 g/mol. The molecule has 178 valence electrons. The number of rotatable bonds is 9. The molecule has 0 atom stereocenters. The van der Waals surface area contributed by atoms with Crippen LogP contribution in [0.15, 0.2) is 57.5 Å². The van der Waals surface area contributed by atoms with Crippen LogP contribution in [0.1, 0.15) is 37.9 Å². The number of benzene rings is 2. The lowest BCUT2D eigenvalue weighted by Gasteiger charge is -2.09. The van der Waals surface area contributed by atoms with Crippen molar-refractivity contribution in [2.45, 2.75) is 38.5 Å². The summed E-state index contributed by atoms with van der Waals surface area (Å²) in [6.07, 6.45) is 6.27. The number of methoxy groups -OCH3 is 1. The second-order valence-corrected chi connectivity index (χ2v) is 9.27. The molecule has 6 rings (SSSR count). The SMILES string of the molecule is COc1cc(NC(=O)C2CC2)ccc1-c1nnc(-c2c(-c3ccccc3)noc2CCC2CC2)o1. The van der Waals surface area contributed by atoms with E-state index >= 15 is 0 Å². The molecular weight excluding hydrogens is 444 g/mol. The fourth-order valence-corrected chi connectivity index (χ4v) is 4.22. The van der Waals surface area contributed by atoms with Crippen LogP contribution >= 0.6 is 0 Å². The maximum atomic E-state index is 12.1. The predicted molar refractivity (Wildman–Crippen MR) is 130 cm³/mol. The third-order valence-electron chi connectivity index (χ3n) is 6.57. The third kappa shape index (κ3) is 4.56. The van der Waals surface area contributed by atoms with E-state index in [0.717, 1.165) is 48.5 Å². The molecule has 1 amide bonds. The number of nitrogens with zero attached hydrogens (tertiary/aromatic N) is 3. The van der Waals surface area contributed by atoms with Gasteiger partial charge in [0.25, 0.3) is 11.8 Å². The van der Waals surface area contributed by atoms with Crippen LogP contribution in [-0.2, 0) is 11.2 Å². The first-order valence-corrected chi connectivity index (χ1v) is 12.1. The summed E-state index contributed by atoms with van der Waals surface area (Å²) in [6, 6.07) is 15.3. The van der Waals surface area contributed by atoms with Gasteiger partial charge in [-0.3, -0.25) is 4.79 Å². The quantitative estimate of drug-likeness (QED) is 0.332. The summed E-state index contributed by atoms with van der Waals surface area (Å²) in [6.45, 7) is 0. The fraction of sp³-hybridized carbons (Fsp3) is 0.333. The molecule has 4 aromatic rings. The van der Waals surface area contributed by atoms with Crippen LogP contribution in [0.3, 0.4) is 0 Å². The van der Waals surface area contributed by atoms with Crippen LogP contribution in [0, 0.1) is 11.8 Å². The zero-order valence-electron chi connectivity index (χ0n) is 19.5. The Bertz CT molecular complexity index is 1350. The van der Waals surface area contributed by atoms with Crippen molar-refractivity contribution in [2.24, 2.45) is 11.8 Å². The summed E-state index contributed by atoms with van der Waals surface area (Å²) in [7, 11) is 1.58. The Morgan fingerprint density at radius 3 is 2.60 bits per heavy atom. The fourth-order valence-electron chi connectivity index (χ4n) is 4.22. The molecule has 8 nitrogen and oxygen atoms in total. The van der Waals surface area contributed by atoms with Crippen LogP contribution in [0.25, 0.3) is 34.2 Å². The lowest BCUT2D eigenvalue weighted by Crippen LogP contribution is -2.13. The average molecular weight is 471 g/mol. The lowest BCUT2D eigenvalue weighted by molar-refractivity contribution is -0.117. The molecule has 0 spiro atoms. The third-order valence-corrected chi connectivity index (χ3v) is 6.57. The minimum atomic E-state index is 0.0412. The van der Waals surface area contributed by atoms with Gasteiger partial charge >= 0.3 is 0 Å². The van der Waals surface area contributed by atoms with Crippen molar-refractivity contribution in [2.75, 3.05) is 12.4 Å². The Morgan fingerprint density at radius 2 is 1.86 bits per heavy atom. The van der Waals surface area contributed by atoms with E-state index in [4.69, 9.17) is 13.7 Å². The van der Waals surface area contributed by atoms with Gasteiger partial charge < -0.3 is 19.0 Å². The molecule has 2 fully saturated rings. The van der Waals surface area contributed by atoms with Gasteiger partial charge in [0.1, 0.15) is 22.8 Å². The van der Waals surface area contributed by atoms with Crippen molar-refractivity contribution in [1.29, 1.82) is 0 Å². The van der Waals surface area contributed by atoms with Crippen LogP contribution in [-0.4, -0.2) is 28.4 Å². The number of carbonyl (C=O) groups is 1. The van der Waals surface area contributed by atoms with Crippen molar-refractivity contribution in [3.63, 3.8) is 0 Å². The molecule has 0 aliphatic heterocycles. The zero-order chi connectivity index (χ0) is 23.8. The Hall–Kier alpha value is -3.94. The molecule has 35 heavy (non-hydrogen) atoms. The van der Waals surface area contributed by atoms with Crippen molar-refractivity contribution in [3.8, 4) is 39.9 Å². The minimum Gasteiger partial charge on any atom is -0.496 e. The van der Waals surface area contributed by atoms with Gasteiger partial charge in [0, 0.05) is 29.7 Å². The summed E-state index contributed by atoms with van der Waals surface area (Å²) >= 11 is 0. The first-order chi connectivity index (χ1) is 17.2. The van der Waals surface area contributed by atoms with E-state index in [1.165, 1.54) is 12.8 Å². The zero-order valence-corrected chi connectivity index (χ0v) is 19.5. The Morgan fingerprint density at radius 1 is 1.06 bits per heavy atom. The van der Waals surface area contributed by atoms with E-state index < -0.39 is 0 Å². The normalized spacial score (nSPS) is 15.2. The van der Waals surface area contributed by atoms with E-state index in [1.807, 2.05) is 42.5 Å². The second-order valence-electron chi connectivity index (χ2n) is 9.27. The van der Waals surface area contributed by atoms with Gasteiger partial charge in [0.05, 0.1) is 12.7 Å². The maximum absolute atomic E-state index is 12.1. The summed E-state index contributed by atoms with van der Waals surface area (Å²) in [5.74, 6) is 2.90. The molecule has 2 aromatic heterocycles. The number of hydrogen-bond donors (Lipinski definition) is 1. The van der Waals surface area contributed by atoms with Gasteiger partial charge in [-0.25, -0.2) is 0 Å². The summed E-state index contributed by atoms with van der Waals surface area (Å²) < 4.78 is 17.5. The second kappa shape index (κ2) is 9.02. The molecule has 2 heterocycles. The molecule has 2 saturated carbocycles. The van der Waals surface area contributed by atoms with Gasteiger partial charge in [0.15, 0.2) is 0 Å². The molecule has 1 N–H and O–H groups in total. The maximum Gasteiger partial charge on any atom is 0.254 e. The number of amides is 1.